The molecule has 0 aromatic rings. The molecule has 0 rings (SSSR count). The van der Waals surface area contributed by atoms with Crippen molar-refractivity contribution in [3.63, 3.8) is 0 Å². The molecule has 0 aromatic carbocycles. The first-order chi connectivity index (χ1) is 8.61. The molecule has 0 unspecified atom stereocenters. The van der Waals surface area contributed by atoms with Crippen molar-refractivity contribution in [2.24, 2.45) is 0 Å². The molecule has 0 aliphatic rings. The van der Waals surface area contributed by atoms with Crippen LogP contribution in [0.25, 0.3) is 0 Å². The molecule has 0 aromatic heterocycles. The van der Waals surface area contributed by atoms with Gasteiger partial charge in [-0.25, -0.2) is 4.79 Å². The second-order valence-electron chi connectivity index (χ2n) is 4.36. The molecule has 5 heteroatoms. The second kappa shape index (κ2) is 11.2. The van der Waals surface area contributed by atoms with E-state index in [1.165, 1.54) is 25.7 Å². The number of ether oxygens (including phenoxy) is 1. The molecule has 0 heterocycles. The first-order valence-electron chi connectivity index (χ1n) is 6.65. The first-order valence-corrected chi connectivity index (χ1v) is 6.65. The zero-order valence-electron chi connectivity index (χ0n) is 11.1. The van der Waals surface area contributed by atoms with Crippen LogP contribution in [-0.2, 0) is 14.3 Å². The Morgan fingerprint density at radius 1 is 1.06 bits per heavy atom. The van der Waals surface area contributed by atoms with E-state index in [-0.39, 0.29) is 6.42 Å². The van der Waals surface area contributed by atoms with E-state index in [0.717, 1.165) is 12.8 Å². The van der Waals surface area contributed by atoms with Crippen molar-refractivity contribution in [2.45, 2.75) is 64.4 Å². The number of hydrogen-bond donors (Lipinski definition) is 2. The number of carbonyl (C=O) groups is 2. The van der Waals surface area contributed by atoms with Crippen LogP contribution in [-0.4, -0.2) is 34.9 Å². The summed E-state index contributed by atoms with van der Waals surface area (Å²) in [5.74, 6) is -1.72. The molecule has 5 nitrogen and oxygen atoms in total. The minimum atomic E-state index is -1.62. The van der Waals surface area contributed by atoms with Crippen LogP contribution >= 0.6 is 0 Å². The van der Waals surface area contributed by atoms with Gasteiger partial charge in [0.25, 0.3) is 0 Å². The molecule has 2 N–H and O–H groups in total. The van der Waals surface area contributed by atoms with Crippen molar-refractivity contribution in [3.8, 4) is 0 Å². The van der Waals surface area contributed by atoms with Crippen LogP contribution < -0.4 is 0 Å². The van der Waals surface area contributed by atoms with E-state index in [1.807, 2.05) is 0 Å². The van der Waals surface area contributed by atoms with Crippen molar-refractivity contribution in [3.05, 3.63) is 0 Å². The third kappa shape index (κ3) is 9.13. The standard InChI is InChI=1S/C13H24O5/c1-2-3-4-5-6-7-8-9-12(16)18-13(17)11(15)10-14/h11,14-15H,2-10H2,1H3/t11-/m0/s1. The van der Waals surface area contributed by atoms with Crippen LogP contribution in [0.15, 0.2) is 0 Å². The summed E-state index contributed by atoms with van der Waals surface area (Å²) >= 11 is 0. The van der Waals surface area contributed by atoms with Crippen LogP contribution in [0.2, 0.25) is 0 Å². The summed E-state index contributed by atoms with van der Waals surface area (Å²) in [5, 5.41) is 17.4. The van der Waals surface area contributed by atoms with Crippen LogP contribution in [0, 0.1) is 0 Å². The molecule has 0 aliphatic carbocycles. The summed E-state index contributed by atoms with van der Waals surface area (Å²) in [4.78, 5) is 22.1. The van der Waals surface area contributed by atoms with Crippen LogP contribution in [0.5, 0.6) is 0 Å². The van der Waals surface area contributed by atoms with Crippen molar-refractivity contribution in [2.75, 3.05) is 6.61 Å². The Labute approximate surface area is 108 Å². The van der Waals surface area contributed by atoms with Gasteiger partial charge in [-0.1, -0.05) is 45.4 Å². The smallest absolute Gasteiger partial charge is 0.345 e. The number of unbranched alkanes of at least 4 members (excludes halogenated alkanes) is 6. The topological polar surface area (TPSA) is 83.8 Å². The van der Waals surface area contributed by atoms with Gasteiger partial charge in [-0.2, -0.15) is 0 Å². The predicted octanol–water partition coefficient (Wildman–Crippen LogP) is 1.55. The molecule has 0 amide bonds. The maximum absolute atomic E-state index is 11.2. The Kier molecular flexibility index (Phi) is 10.6. The Bertz CT molecular complexity index is 240. The molecular formula is C13H24O5. The summed E-state index contributed by atoms with van der Waals surface area (Å²) in [6, 6.07) is 0. The van der Waals surface area contributed by atoms with Gasteiger partial charge < -0.3 is 14.9 Å². The highest BCUT2D eigenvalue weighted by Crippen LogP contribution is 2.08. The molecule has 0 bridgehead atoms. The molecule has 0 spiro atoms. The highest BCUT2D eigenvalue weighted by atomic mass is 16.6. The number of hydrogen-bond acceptors (Lipinski definition) is 5. The van der Waals surface area contributed by atoms with Gasteiger partial charge in [0.2, 0.25) is 0 Å². The molecule has 0 radical (unpaired) electrons. The largest absolute Gasteiger partial charge is 0.393 e. The maximum Gasteiger partial charge on any atom is 0.345 e. The van der Waals surface area contributed by atoms with E-state index >= 15 is 0 Å². The van der Waals surface area contributed by atoms with Crippen LogP contribution in [0.4, 0.5) is 0 Å². The lowest BCUT2D eigenvalue weighted by molar-refractivity contribution is -0.167. The minimum Gasteiger partial charge on any atom is -0.393 e. The summed E-state index contributed by atoms with van der Waals surface area (Å²) in [5.41, 5.74) is 0. The Morgan fingerprint density at radius 2 is 1.61 bits per heavy atom. The lowest BCUT2D eigenvalue weighted by atomic mass is 10.1. The number of aliphatic hydroxyl groups is 2. The van der Waals surface area contributed by atoms with E-state index < -0.39 is 24.6 Å². The summed E-state index contributed by atoms with van der Waals surface area (Å²) in [6.45, 7) is 1.43. The predicted molar refractivity (Wildman–Crippen MR) is 66.8 cm³/mol. The van der Waals surface area contributed by atoms with E-state index in [4.69, 9.17) is 10.2 Å². The third-order valence-corrected chi connectivity index (χ3v) is 2.64. The normalized spacial score (nSPS) is 12.2. The highest BCUT2D eigenvalue weighted by Gasteiger charge is 2.18. The van der Waals surface area contributed by atoms with Gasteiger partial charge in [-0.05, 0) is 6.42 Å². The number of carbonyl (C=O) groups excluding carboxylic acids is 2. The Morgan fingerprint density at radius 3 is 2.17 bits per heavy atom. The van der Waals surface area contributed by atoms with Crippen molar-refractivity contribution in [1.29, 1.82) is 0 Å². The molecule has 106 valence electrons. The van der Waals surface area contributed by atoms with E-state index in [1.54, 1.807) is 0 Å². The average molecular weight is 260 g/mol. The zero-order chi connectivity index (χ0) is 13.8. The highest BCUT2D eigenvalue weighted by molar-refractivity contribution is 5.87. The summed E-state index contributed by atoms with van der Waals surface area (Å²) in [6.07, 6.45) is 6.12. The molecule has 0 saturated heterocycles. The average Bonchev–Trinajstić information content (AvgIpc) is 2.36. The Hall–Kier alpha value is -0.940. The lowest BCUT2D eigenvalue weighted by Gasteiger charge is -2.06. The second-order valence-corrected chi connectivity index (χ2v) is 4.36. The van der Waals surface area contributed by atoms with E-state index in [2.05, 4.69) is 11.7 Å². The van der Waals surface area contributed by atoms with Gasteiger partial charge in [-0.3, -0.25) is 4.79 Å². The number of esters is 2. The SMILES string of the molecule is CCCCCCCCCC(=O)OC(=O)[C@@H](O)CO. The van der Waals surface area contributed by atoms with Gasteiger partial charge in [0.05, 0.1) is 6.61 Å². The Balaban J connectivity index is 3.45. The zero-order valence-corrected chi connectivity index (χ0v) is 11.1. The quantitative estimate of drug-likeness (QED) is 0.354. The molecular weight excluding hydrogens is 236 g/mol. The lowest BCUT2D eigenvalue weighted by Crippen LogP contribution is -2.28. The van der Waals surface area contributed by atoms with Gasteiger partial charge >= 0.3 is 11.9 Å². The van der Waals surface area contributed by atoms with Gasteiger partial charge in [-0.15, -0.1) is 0 Å². The summed E-state index contributed by atoms with van der Waals surface area (Å²) < 4.78 is 4.36. The molecule has 1 atom stereocenters. The van der Waals surface area contributed by atoms with Crippen molar-refractivity contribution in [1.82, 2.24) is 0 Å². The van der Waals surface area contributed by atoms with Crippen molar-refractivity contribution >= 4 is 11.9 Å². The van der Waals surface area contributed by atoms with E-state index in [0.29, 0.717) is 6.42 Å². The van der Waals surface area contributed by atoms with E-state index in [9.17, 15) is 9.59 Å². The fourth-order valence-corrected chi connectivity index (χ4v) is 1.53. The fourth-order valence-electron chi connectivity index (χ4n) is 1.53. The van der Waals surface area contributed by atoms with Gasteiger partial charge in [0.15, 0.2) is 6.10 Å². The van der Waals surface area contributed by atoms with Gasteiger partial charge in [0.1, 0.15) is 0 Å². The van der Waals surface area contributed by atoms with Crippen LogP contribution in [0.3, 0.4) is 0 Å². The fraction of sp³-hybridized carbons (Fsp3) is 0.846. The summed E-state index contributed by atoms with van der Waals surface area (Å²) in [7, 11) is 0. The van der Waals surface area contributed by atoms with Crippen LogP contribution in [0.1, 0.15) is 58.3 Å². The minimum absolute atomic E-state index is 0.178. The maximum atomic E-state index is 11.2. The molecule has 0 aliphatic heterocycles. The number of rotatable bonds is 10. The van der Waals surface area contributed by atoms with Crippen molar-refractivity contribution < 1.29 is 24.5 Å². The molecule has 0 saturated carbocycles. The third-order valence-electron chi connectivity index (χ3n) is 2.64. The number of aliphatic hydroxyl groups excluding tert-OH is 2. The molecule has 18 heavy (non-hydrogen) atoms. The molecule has 0 fully saturated rings. The van der Waals surface area contributed by atoms with Gasteiger partial charge in [0, 0.05) is 6.42 Å². The first kappa shape index (κ1) is 17.1. The monoisotopic (exact) mass is 260 g/mol.